The molecule has 0 saturated carbocycles. The van der Waals surface area contributed by atoms with Crippen molar-refractivity contribution in [3.63, 3.8) is 0 Å². The number of aryl methyl sites for hydroxylation is 1. The summed E-state index contributed by atoms with van der Waals surface area (Å²) in [5.74, 6) is -0.954. The lowest BCUT2D eigenvalue weighted by atomic mass is 9.90. The lowest BCUT2D eigenvalue weighted by Gasteiger charge is -2.39. The number of hydrogen-bond acceptors (Lipinski definition) is 5. The number of carbonyl (C=O) groups is 2. The van der Waals surface area contributed by atoms with Crippen molar-refractivity contribution in [2.24, 2.45) is 0 Å². The fourth-order valence-corrected chi connectivity index (χ4v) is 3.94. The zero-order valence-electron chi connectivity index (χ0n) is 18.9. The molecule has 3 aromatic rings. The molecule has 1 N–H and O–H groups in total. The number of aromatic amines is 1. The number of ether oxygens (including phenoxy) is 1. The summed E-state index contributed by atoms with van der Waals surface area (Å²) >= 11 is 0. The number of H-pyrrole nitrogens is 1. The minimum Gasteiger partial charge on any atom is -0.458 e. The molecule has 2 aromatic carbocycles. The minimum atomic E-state index is -4.73. The van der Waals surface area contributed by atoms with Gasteiger partial charge < -0.3 is 14.6 Å². The number of nitriles is 1. The highest BCUT2D eigenvalue weighted by Crippen LogP contribution is 2.37. The number of alkyl halides is 3. The van der Waals surface area contributed by atoms with Crippen molar-refractivity contribution < 1.29 is 27.5 Å². The van der Waals surface area contributed by atoms with E-state index in [2.05, 4.69) is 16.0 Å². The molecule has 10 heteroatoms. The predicted molar refractivity (Wildman–Crippen MR) is 119 cm³/mol. The van der Waals surface area contributed by atoms with E-state index in [1.165, 1.54) is 6.07 Å². The number of nitrogens with zero attached hydrogens (tertiary/aromatic N) is 3. The van der Waals surface area contributed by atoms with E-state index < -0.39 is 24.4 Å². The molecule has 0 aliphatic carbocycles. The second-order valence-electron chi connectivity index (χ2n) is 8.36. The number of benzene rings is 2. The van der Waals surface area contributed by atoms with Gasteiger partial charge in [-0.15, -0.1) is 0 Å². The van der Waals surface area contributed by atoms with E-state index in [9.17, 15) is 22.8 Å². The molecule has 1 aliphatic rings. The smallest absolute Gasteiger partial charge is 0.433 e. The van der Waals surface area contributed by atoms with Crippen LogP contribution in [-0.4, -0.2) is 39.8 Å². The van der Waals surface area contributed by atoms with Crippen LogP contribution in [0.2, 0.25) is 0 Å². The van der Waals surface area contributed by atoms with E-state index in [1.54, 1.807) is 36.1 Å². The molecule has 0 radical (unpaired) electrons. The molecule has 35 heavy (non-hydrogen) atoms. The van der Waals surface area contributed by atoms with E-state index in [0.29, 0.717) is 24.2 Å². The highest BCUT2D eigenvalue weighted by Gasteiger charge is 2.38. The van der Waals surface area contributed by atoms with Gasteiger partial charge in [-0.05, 0) is 42.3 Å². The summed E-state index contributed by atoms with van der Waals surface area (Å²) in [5.41, 5.74) is 1.07. The number of aromatic nitrogens is 2. The summed E-state index contributed by atoms with van der Waals surface area (Å²) in [6.45, 7) is 3.29. The number of esters is 1. The highest BCUT2D eigenvalue weighted by atomic mass is 19.4. The van der Waals surface area contributed by atoms with Crippen LogP contribution in [0.4, 0.5) is 13.2 Å². The fraction of sp³-hybridized carbons (Fsp3) is 0.280. The van der Waals surface area contributed by atoms with Crippen molar-refractivity contribution in [2.45, 2.75) is 32.5 Å². The number of imidazole rings is 1. The van der Waals surface area contributed by atoms with Crippen LogP contribution in [0.5, 0.6) is 0 Å². The Morgan fingerprint density at radius 3 is 2.49 bits per heavy atom. The van der Waals surface area contributed by atoms with Gasteiger partial charge in [0.1, 0.15) is 23.8 Å². The molecular formula is C25H21F3N4O3. The van der Waals surface area contributed by atoms with Crippen LogP contribution in [0.25, 0.3) is 11.3 Å². The third-order valence-corrected chi connectivity index (χ3v) is 5.87. The standard InChI is InChI=1S/C25H21F3N4O3/c1-14-3-6-18(24(34)32-11-19(12-32)17-7-4-16(10-29)5-8-17)9-20(14)22-23(25(26,27)28)31-21(30-22)13-35-15(2)33/h3-9,19H,11-13H2,1-2H3,(H,30,31). The number of nitrogens with one attached hydrogen (secondary N) is 1. The minimum absolute atomic E-state index is 0.128. The Kier molecular flexibility index (Phi) is 6.35. The van der Waals surface area contributed by atoms with Gasteiger partial charge in [0.15, 0.2) is 0 Å². The summed E-state index contributed by atoms with van der Waals surface area (Å²) in [4.78, 5) is 31.9. The van der Waals surface area contributed by atoms with Gasteiger partial charge in [0.05, 0.1) is 11.6 Å². The third kappa shape index (κ3) is 5.04. The average Bonchev–Trinajstić information content (AvgIpc) is 3.22. The molecule has 0 atom stereocenters. The maximum absolute atomic E-state index is 13.7. The molecule has 7 nitrogen and oxygen atoms in total. The lowest BCUT2D eigenvalue weighted by molar-refractivity contribution is -0.142. The quantitative estimate of drug-likeness (QED) is 0.537. The van der Waals surface area contributed by atoms with Crippen LogP contribution in [0.15, 0.2) is 42.5 Å². The Bertz CT molecular complexity index is 1320. The van der Waals surface area contributed by atoms with Gasteiger partial charge >= 0.3 is 12.1 Å². The van der Waals surface area contributed by atoms with Crippen LogP contribution >= 0.6 is 0 Å². The van der Waals surface area contributed by atoms with Gasteiger partial charge in [0, 0.05) is 37.1 Å². The SMILES string of the molecule is CC(=O)OCc1nc(-c2cc(C(=O)N3CC(c4ccc(C#N)cc4)C3)ccc2C)c(C(F)(F)F)[nH]1. The molecular weight excluding hydrogens is 461 g/mol. The maximum atomic E-state index is 13.7. The first kappa shape index (κ1) is 24.0. The lowest BCUT2D eigenvalue weighted by Crippen LogP contribution is -2.48. The third-order valence-electron chi connectivity index (χ3n) is 5.87. The topological polar surface area (TPSA) is 99.1 Å². The van der Waals surface area contributed by atoms with E-state index in [0.717, 1.165) is 12.5 Å². The maximum Gasteiger partial charge on any atom is 0.433 e. The van der Waals surface area contributed by atoms with Gasteiger partial charge in [0.2, 0.25) is 0 Å². The number of carbonyl (C=O) groups excluding carboxylic acids is 2. The Labute approximate surface area is 199 Å². The van der Waals surface area contributed by atoms with E-state index in [1.807, 2.05) is 12.1 Å². The predicted octanol–water partition coefficient (Wildman–Crippen LogP) is 4.58. The van der Waals surface area contributed by atoms with Gasteiger partial charge in [-0.2, -0.15) is 18.4 Å². The Balaban J connectivity index is 1.57. The molecule has 2 heterocycles. The van der Waals surface area contributed by atoms with Crippen LogP contribution in [-0.2, 0) is 22.3 Å². The summed E-state index contributed by atoms with van der Waals surface area (Å²) in [7, 11) is 0. The van der Waals surface area contributed by atoms with Crippen LogP contribution in [0.3, 0.4) is 0 Å². The van der Waals surface area contributed by atoms with Crippen molar-refractivity contribution in [2.75, 3.05) is 13.1 Å². The highest BCUT2D eigenvalue weighted by molar-refractivity contribution is 5.96. The van der Waals surface area contributed by atoms with Crippen molar-refractivity contribution in [1.29, 1.82) is 5.26 Å². The van der Waals surface area contributed by atoms with Gasteiger partial charge in [-0.3, -0.25) is 9.59 Å². The summed E-state index contributed by atoms with van der Waals surface area (Å²) < 4.78 is 45.9. The van der Waals surface area contributed by atoms with Crippen molar-refractivity contribution in [1.82, 2.24) is 14.9 Å². The van der Waals surface area contributed by atoms with Crippen molar-refractivity contribution in [3.05, 3.63) is 76.2 Å². The van der Waals surface area contributed by atoms with Crippen LogP contribution < -0.4 is 0 Å². The Morgan fingerprint density at radius 1 is 1.20 bits per heavy atom. The van der Waals surface area contributed by atoms with Gasteiger partial charge in [-0.1, -0.05) is 18.2 Å². The molecule has 4 rings (SSSR count). The monoisotopic (exact) mass is 482 g/mol. The average molecular weight is 482 g/mol. The van der Waals surface area contributed by atoms with Gasteiger partial charge in [0.25, 0.3) is 5.91 Å². The second-order valence-corrected chi connectivity index (χ2v) is 8.36. The van der Waals surface area contributed by atoms with Crippen LogP contribution in [0.1, 0.15) is 51.4 Å². The molecule has 0 bridgehead atoms. The fourth-order valence-electron chi connectivity index (χ4n) is 3.94. The molecule has 1 aliphatic heterocycles. The molecule has 1 aromatic heterocycles. The van der Waals surface area contributed by atoms with Gasteiger partial charge in [-0.25, -0.2) is 4.98 Å². The Morgan fingerprint density at radius 2 is 1.89 bits per heavy atom. The molecule has 180 valence electrons. The number of likely N-dealkylation sites (tertiary alicyclic amines) is 1. The Hall–Kier alpha value is -4.13. The number of amides is 1. The molecule has 0 unspecified atom stereocenters. The van der Waals surface area contributed by atoms with Crippen molar-refractivity contribution >= 4 is 11.9 Å². The summed E-state index contributed by atoms with van der Waals surface area (Å²) in [5, 5.41) is 8.92. The first-order chi connectivity index (χ1) is 16.6. The first-order valence-corrected chi connectivity index (χ1v) is 10.8. The molecule has 1 saturated heterocycles. The number of hydrogen-bond donors (Lipinski definition) is 1. The number of halogens is 3. The first-order valence-electron chi connectivity index (χ1n) is 10.8. The molecule has 1 fully saturated rings. The summed E-state index contributed by atoms with van der Waals surface area (Å²) in [6.07, 6.45) is -4.73. The van der Waals surface area contributed by atoms with E-state index in [4.69, 9.17) is 10.00 Å². The second kappa shape index (κ2) is 9.25. The number of rotatable bonds is 5. The zero-order chi connectivity index (χ0) is 25.3. The van der Waals surface area contributed by atoms with E-state index in [-0.39, 0.29) is 34.5 Å². The molecule has 1 amide bonds. The van der Waals surface area contributed by atoms with Crippen LogP contribution in [0, 0.1) is 18.3 Å². The normalized spacial score (nSPS) is 13.8. The largest absolute Gasteiger partial charge is 0.458 e. The summed E-state index contributed by atoms with van der Waals surface area (Å²) in [6, 6.07) is 13.8. The zero-order valence-corrected chi connectivity index (χ0v) is 18.9. The van der Waals surface area contributed by atoms with Crippen molar-refractivity contribution in [3.8, 4) is 17.3 Å². The molecule has 0 spiro atoms. The van der Waals surface area contributed by atoms with E-state index >= 15 is 0 Å².